The highest BCUT2D eigenvalue weighted by molar-refractivity contribution is 8.77. The van der Waals surface area contributed by atoms with E-state index in [1.165, 1.54) is 38.5 Å². The molecule has 6 nitrogen and oxygen atoms in total. The van der Waals surface area contributed by atoms with E-state index in [1.807, 2.05) is 9.80 Å². The fourth-order valence-electron chi connectivity index (χ4n) is 4.92. The topological polar surface area (TPSA) is 47.1 Å². The van der Waals surface area contributed by atoms with Gasteiger partial charge < -0.3 is 9.80 Å². The van der Waals surface area contributed by atoms with Crippen LogP contribution in [-0.2, 0) is 9.59 Å². The van der Waals surface area contributed by atoms with Crippen molar-refractivity contribution in [2.75, 3.05) is 65.4 Å². The number of rotatable bonds is 7. The predicted octanol–water partition coefficient (Wildman–Crippen LogP) is 2.55. The largest absolute Gasteiger partial charge is 0.331 e. The Morgan fingerprint density at radius 3 is 1.35 bits per heavy atom. The molecule has 4 aliphatic heterocycles. The first-order valence-electron chi connectivity index (χ1n) is 13.0. The zero-order valence-electron chi connectivity index (χ0n) is 20.3. The molecule has 0 N–H and O–H groups in total. The third-order valence-corrected chi connectivity index (χ3v) is 10.3. The van der Waals surface area contributed by atoms with Crippen molar-refractivity contribution in [3.63, 3.8) is 0 Å². The van der Waals surface area contributed by atoms with Crippen LogP contribution in [-0.4, -0.2) is 107 Å². The molecule has 0 radical (unpaired) electrons. The molecule has 34 heavy (non-hydrogen) atoms. The van der Waals surface area contributed by atoms with Crippen molar-refractivity contribution in [3.8, 4) is 23.7 Å². The van der Waals surface area contributed by atoms with E-state index in [-0.39, 0.29) is 22.3 Å². The molecule has 2 amide bonds. The second kappa shape index (κ2) is 13.7. The molecule has 0 spiro atoms. The quantitative estimate of drug-likeness (QED) is 0.394. The average molecular weight is 503 g/mol. The third kappa shape index (κ3) is 7.59. The van der Waals surface area contributed by atoms with E-state index in [9.17, 15) is 9.59 Å². The standard InChI is InChI=1S/C26H38N4O2S2/c31-25-23(11-21-29(25)19-9-7-17-27-13-3-1-4-14-27)33-34-24-12-22-30(26(24)32)20-10-8-18-28-15-5-2-6-16-28/h23-24H,1-6,11-22H2/t23-,24-/m1/s1. The highest BCUT2D eigenvalue weighted by atomic mass is 33.1. The maximum Gasteiger partial charge on any atom is 0.237 e. The Bertz CT molecular complexity index is 750. The lowest BCUT2D eigenvalue weighted by molar-refractivity contribution is -0.127. The Labute approximate surface area is 213 Å². The van der Waals surface area contributed by atoms with E-state index in [1.54, 1.807) is 21.6 Å². The van der Waals surface area contributed by atoms with Gasteiger partial charge in [0.2, 0.25) is 11.8 Å². The number of carbonyl (C=O) groups is 2. The van der Waals surface area contributed by atoms with Crippen LogP contribution in [0.25, 0.3) is 0 Å². The molecule has 0 aromatic rings. The minimum atomic E-state index is -0.0555. The van der Waals surface area contributed by atoms with Gasteiger partial charge in [0.05, 0.1) is 36.7 Å². The molecule has 0 aromatic heterocycles. The van der Waals surface area contributed by atoms with E-state index in [0.29, 0.717) is 13.1 Å². The van der Waals surface area contributed by atoms with Gasteiger partial charge in [-0.05, 0) is 64.7 Å². The van der Waals surface area contributed by atoms with Gasteiger partial charge in [0.25, 0.3) is 0 Å². The van der Waals surface area contributed by atoms with Crippen LogP contribution in [0, 0.1) is 23.7 Å². The summed E-state index contributed by atoms with van der Waals surface area (Å²) in [5.74, 6) is 13.3. The van der Waals surface area contributed by atoms with E-state index >= 15 is 0 Å². The molecule has 4 rings (SSSR count). The summed E-state index contributed by atoms with van der Waals surface area (Å²) in [5, 5.41) is -0.111. The molecule has 0 unspecified atom stereocenters. The van der Waals surface area contributed by atoms with Crippen molar-refractivity contribution in [1.82, 2.24) is 19.6 Å². The summed E-state index contributed by atoms with van der Waals surface area (Å²) in [7, 11) is 3.17. The molecule has 0 saturated carbocycles. The van der Waals surface area contributed by atoms with Gasteiger partial charge >= 0.3 is 0 Å². The van der Waals surface area contributed by atoms with Gasteiger partial charge in [0.15, 0.2) is 0 Å². The third-order valence-electron chi connectivity index (χ3n) is 7.08. The van der Waals surface area contributed by atoms with Crippen LogP contribution in [0.1, 0.15) is 51.4 Å². The number of likely N-dealkylation sites (tertiary alicyclic amines) is 4. The molecule has 4 saturated heterocycles. The summed E-state index contributed by atoms with van der Waals surface area (Å²) >= 11 is 0. The number of carbonyl (C=O) groups excluding carboxylic acids is 2. The maximum absolute atomic E-state index is 12.8. The summed E-state index contributed by atoms with van der Waals surface area (Å²) in [4.78, 5) is 34.1. The van der Waals surface area contributed by atoms with E-state index < -0.39 is 0 Å². The second-order valence-electron chi connectivity index (χ2n) is 9.65. The molecule has 4 fully saturated rings. The van der Waals surface area contributed by atoms with Crippen LogP contribution in [0.5, 0.6) is 0 Å². The Balaban J connectivity index is 1.12. The van der Waals surface area contributed by atoms with E-state index in [2.05, 4.69) is 33.5 Å². The van der Waals surface area contributed by atoms with Crippen LogP contribution in [0.3, 0.4) is 0 Å². The summed E-state index contributed by atoms with van der Waals surface area (Å²) in [5.41, 5.74) is 0. The van der Waals surface area contributed by atoms with Gasteiger partial charge in [-0.2, -0.15) is 0 Å². The van der Waals surface area contributed by atoms with Crippen LogP contribution >= 0.6 is 21.6 Å². The molecule has 4 aliphatic rings. The van der Waals surface area contributed by atoms with E-state index in [0.717, 1.165) is 65.2 Å². The lowest BCUT2D eigenvalue weighted by atomic mass is 10.1. The molecule has 0 aromatic carbocycles. The number of piperidine rings is 2. The number of hydrogen-bond acceptors (Lipinski definition) is 6. The van der Waals surface area contributed by atoms with Crippen molar-refractivity contribution >= 4 is 33.4 Å². The SMILES string of the molecule is O=C1[C@H](SS[C@@H]2CCN(CC#CCN3CCCCC3)C2=O)CCN1CC#CCN1CCCCC1. The van der Waals surface area contributed by atoms with Crippen molar-refractivity contribution in [1.29, 1.82) is 0 Å². The Morgan fingerprint density at radius 2 is 0.941 bits per heavy atom. The van der Waals surface area contributed by atoms with Crippen LogP contribution in [0.15, 0.2) is 0 Å². The zero-order valence-corrected chi connectivity index (χ0v) is 21.9. The summed E-state index contributed by atoms with van der Waals surface area (Å²) < 4.78 is 0. The fourth-order valence-corrected chi connectivity index (χ4v) is 7.93. The summed E-state index contributed by atoms with van der Waals surface area (Å²) in [6, 6.07) is 0. The van der Waals surface area contributed by atoms with Crippen molar-refractivity contribution in [2.24, 2.45) is 0 Å². The lowest BCUT2D eigenvalue weighted by Crippen LogP contribution is -2.31. The molecule has 0 aliphatic carbocycles. The van der Waals surface area contributed by atoms with Gasteiger partial charge in [-0.15, -0.1) is 0 Å². The van der Waals surface area contributed by atoms with Gasteiger partial charge in [0.1, 0.15) is 0 Å². The highest BCUT2D eigenvalue weighted by Crippen LogP contribution is 2.39. The molecule has 8 heteroatoms. The van der Waals surface area contributed by atoms with Crippen molar-refractivity contribution < 1.29 is 9.59 Å². The second-order valence-corrected chi connectivity index (χ2v) is 12.3. The van der Waals surface area contributed by atoms with Crippen LogP contribution in [0.2, 0.25) is 0 Å². The monoisotopic (exact) mass is 502 g/mol. The smallest absolute Gasteiger partial charge is 0.237 e. The Hall–Kier alpha value is -1.32. The van der Waals surface area contributed by atoms with Gasteiger partial charge in [-0.25, -0.2) is 0 Å². The number of amides is 2. The summed E-state index contributed by atoms with van der Waals surface area (Å²) in [6.45, 7) is 8.83. The molecule has 186 valence electrons. The first kappa shape index (κ1) is 25.8. The van der Waals surface area contributed by atoms with Crippen LogP contribution < -0.4 is 0 Å². The predicted molar refractivity (Wildman–Crippen MR) is 141 cm³/mol. The summed E-state index contributed by atoms with van der Waals surface area (Å²) in [6.07, 6.45) is 9.45. The van der Waals surface area contributed by atoms with E-state index in [4.69, 9.17) is 0 Å². The fraction of sp³-hybridized carbons (Fsp3) is 0.769. The first-order valence-corrected chi connectivity index (χ1v) is 15.2. The Morgan fingerprint density at radius 1 is 0.559 bits per heavy atom. The van der Waals surface area contributed by atoms with Crippen LogP contribution in [0.4, 0.5) is 0 Å². The molecular formula is C26H38N4O2S2. The number of hydrogen-bond donors (Lipinski definition) is 0. The lowest BCUT2D eigenvalue weighted by Gasteiger charge is -2.23. The normalized spacial score (nSPS) is 26.4. The molecule has 4 heterocycles. The Kier molecular flexibility index (Phi) is 10.4. The minimum absolute atomic E-state index is 0.0555. The molecule has 0 bridgehead atoms. The van der Waals surface area contributed by atoms with Gasteiger partial charge in [-0.1, -0.05) is 58.1 Å². The maximum atomic E-state index is 12.8. The van der Waals surface area contributed by atoms with Crippen molar-refractivity contribution in [3.05, 3.63) is 0 Å². The first-order chi connectivity index (χ1) is 16.7. The minimum Gasteiger partial charge on any atom is -0.331 e. The number of nitrogens with zero attached hydrogens (tertiary/aromatic N) is 4. The molecular weight excluding hydrogens is 464 g/mol. The molecule has 2 atom stereocenters. The average Bonchev–Trinajstić information content (AvgIpc) is 3.41. The van der Waals surface area contributed by atoms with Gasteiger partial charge in [0, 0.05) is 13.1 Å². The zero-order chi connectivity index (χ0) is 23.6. The highest BCUT2D eigenvalue weighted by Gasteiger charge is 2.36. The van der Waals surface area contributed by atoms with Gasteiger partial charge in [-0.3, -0.25) is 19.4 Å². The van der Waals surface area contributed by atoms with Crippen molar-refractivity contribution in [2.45, 2.75) is 61.9 Å².